The Morgan fingerprint density at radius 1 is 1.03 bits per heavy atom. The molecule has 0 radical (unpaired) electrons. The first-order valence-electron chi connectivity index (χ1n) is 9.84. The number of hydrogen-bond acceptors (Lipinski definition) is 5. The smallest absolute Gasteiger partial charge is 0.273 e. The first-order valence-corrected chi connectivity index (χ1v) is 12.2. The van der Waals surface area contributed by atoms with Crippen LogP contribution >= 0.6 is 11.3 Å². The Morgan fingerprint density at radius 2 is 1.63 bits per heavy atom. The minimum atomic E-state index is -3.64. The van der Waals surface area contributed by atoms with Gasteiger partial charge in [-0.3, -0.25) is 20.4 Å². The Balaban J connectivity index is 1.64. The Bertz CT molecular complexity index is 1030. The zero-order valence-electron chi connectivity index (χ0n) is 17.6. The highest BCUT2D eigenvalue weighted by Gasteiger charge is 2.34. The Morgan fingerprint density at radius 3 is 2.17 bits per heavy atom. The molecule has 30 heavy (non-hydrogen) atoms. The third kappa shape index (κ3) is 4.43. The van der Waals surface area contributed by atoms with Crippen LogP contribution in [0.4, 0.5) is 0 Å². The van der Waals surface area contributed by atoms with Gasteiger partial charge in [-0.25, -0.2) is 8.42 Å². The van der Waals surface area contributed by atoms with Gasteiger partial charge in [0.1, 0.15) is 0 Å². The van der Waals surface area contributed by atoms with Crippen LogP contribution in [0, 0.1) is 33.6 Å². The molecule has 2 heterocycles. The number of benzene rings is 1. The average Bonchev–Trinajstić information content (AvgIpc) is 3.25. The zero-order chi connectivity index (χ0) is 22.1. The Labute approximate surface area is 181 Å². The van der Waals surface area contributed by atoms with Crippen molar-refractivity contribution < 1.29 is 18.0 Å². The van der Waals surface area contributed by atoms with E-state index in [0.717, 1.165) is 22.3 Å². The topological polar surface area (TPSA) is 95.6 Å². The fourth-order valence-electron chi connectivity index (χ4n) is 3.74. The summed E-state index contributed by atoms with van der Waals surface area (Å²) >= 11 is 1.29. The maximum atomic E-state index is 13.3. The molecule has 1 aromatic carbocycles. The minimum absolute atomic E-state index is 0.269. The molecule has 1 saturated heterocycles. The molecule has 0 spiro atoms. The minimum Gasteiger partial charge on any atom is -0.273 e. The molecule has 162 valence electrons. The molecule has 0 atom stereocenters. The molecule has 2 N–H and O–H groups in total. The largest absolute Gasteiger partial charge is 0.279 e. The van der Waals surface area contributed by atoms with Crippen molar-refractivity contribution >= 4 is 33.2 Å². The lowest BCUT2D eigenvalue weighted by Crippen LogP contribution is -2.48. The maximum absolute atomic E-state index is 13.3. The Hall–Kier alpha value is -2.23. The van der Waals surface area contributed by atoms with Gasteiger partial charge in [0, 0.05) is 19.0 Å². The number of sulfonamides is 1. The van der Waals surface area contributed by atoms with E-state index in [9.17, 15) is 18.0 Å². The highest BCUT2D eigenvalue weighted by molar-refractivity contribution is 7.89. The van der Waals surface area contributed by atoms with E-state index in [4.69, 9.17) is 0 Å². The van der Waals surface area contributed by atoms with E-state index in [-0.39, 0.29) is 30.8 Å². The van der Waals surface area contributed by atoms with Gasteiger partial charge in [0.15, 0.2) is 0 Å². The van der Waals surface area contributed by atoms with E-state index in [1.165, 1.54) is 15.6 Å². The van der Waals surface area contributed by atoms with E-state index in [2.05, 4.69) is 10.9 Å². The lowest BCUT2D eigenvalue weighted by molar-refractivity contribution is -0.126. The predicted molar refractivity (Wildman–Crippen MR) is 117 cm³/mol. The molecule has 7 nitrogen and oxygen atoms in total. The number of piperidine rings is 1. The van der Waals surface area contributed by atoms with Crippen molar-refractivity contribution in [2.24, 2.45) is 5.92 Å². The van der Waals surface area contributed by atoms with Crippen molar-refractivity contribution in [3.63, 3.8) is 0 Å². The van der Waals surface area contributed by atoms with Gasteiger partial charge in [0.25, 0.3) is 5.91 Å². The van der Waals surface area contributed by atoms with Crippen LogP contribution in [-0.4, -0.2) is 37.6 Å². The zero-order valence-corrected chi connectivity index (χ0v) is 19.2. The number of rotatable bonds is 4. The molecule has 0 saturated carbocycles. The molecular formula is C21H27N3O4S2. The highest BCUT2D eigenvalue weighted by Crippen LogP contribution is 2.31. The molecule has 0 unspecified atom stereocenters. The number of carbonyl (C=O) groups is 2. The summed E-state index contributed by atoms with van der Waals surface area (Å²) in [5.41, 5.74) is 8.32. The lowest BCUT2D eigenvalue weighted by atomic mass is 9.98. The summed E-state index contributed by atoms with van der Waals surface area (Å²) in [5, 5.41) is 1.78. The van der Waals surface area contributed by atoms with Crippen LogP contribution in [0.1, 0.15) is 44.8 Å². The second-order valence-electron chi connectivity index (χ2n) is 7.69. The third-order valence-corrected chi connectivity index (χ3v) is 8.81. The molecule has 1 aliphatic heterocycles. The summed E-state index contributed by atoms with van der Waals surface area (Å²) < 4.78 is 28.1. The molecular weight excluding hydrogens is 422 g/mol. The summed E-state index contributed by atoms with van der Waals surface area (Å²) in [4.78, 5) is 25.2. The number of thiophene rings is 1. The van der Waals surface area contributed by atoms with Gasteiger partial charge in [0.05, 0.1) is 9.77 Å². The summed E-state index contributed by atoms with van der Waals surface area (Å²) in [6, 6.07) is 5.44. The number of carbonyl (C=O) groups excluding carboxylic acids is 2. The molecule has 1 fully saturated rings. The maximum Gasteiger partial charge on any atom is 0.279 e. The third-order valence-electron chi connectivity index (χ3n) is 5.76. The molecule has 9 heteroatoms. The molecule has 2 aromatic rings. The van der Waals surface area contributed by atoms with E-state index in [0.29, 0.717) is 22.6 Å². The number of nitrogens with one attached hydrogen (secondary N) is 2. The van der Waals surface area contributed by atoms with E-state index in [1.807, 2.05) is 33.8 Å². The Kier molecular flexibility index (Phi) is 6.64. The van der Waals surface area contributed by atoms with Crippen LogP contribution in [0.25, 0.3) is 0 Å². The number of hydrazine groups is 1. The van der Waals surface area contributed by atoms with Crippen LogP contribution in [0.15, 0.2) is 28.5 Å². The van der Waals surface area contributed by atoms with Crippen molar-refractivity contribution in [1.82, 2.24) is 15.2 Å². The molecule has 3 rings (SSSR count). The van der Waals surface area contributed by atoms with Crippen molar-refractivity contribution in [3.8, 4) is 0 Å². The van der Waals surface area contributed by atoms with E-state index >= 15 is 0 Å². The van der Waals surface area contributed by atoms with Crippen molar-refractivity contribution in [3.05, 3.63) is 50.7 Å². The van der Waals surface area contributed by atoms with Crippen LogP contribution < -0.4 is 10.9 Å². The van der Waals surface area contributed by atoms with Gasteiger partial charge in [-0.1, -0.05) is 12.1 Å². The second-order valence-corrected chi connectivity index (χ2v) is 10.5. The molecule has 1 aromatic heterocycles. The quantitative estimate of drug-likeness (QED) is 0.702. The van der Waals surface area contributed by atoms with E-state index in [1.54, 1.807) is 17.5 Å². The summed E-state index contributed by atoms with van der Waals surface area (Å²) in [6.07, 6.45) is 0.811. The van der Waals surface area contributed by atoms with Crippen LogP contribution in [0.3, 0.4) is 0 Å². The van der Waals surface area contributed by atoms with Crippen LogP contribution in [0.2, 0.25) is 0 Å². The number of hydrogen-bond donors (Lipinski definition) is 2. The number of nitrogens with zero attached hydrogens (tertiary/aromatic N) is 1. The highest BCUT2D eigenvalue weighted by atomic mass is 32.2. The lowest BCUT2D eigenvalue weighted by Gasteiger charge is -2.31. The van der Waals surface area contributed by atoms with Crippen molar-refractivity contribution in [2.75, 3.05) is 13.1 Å². The SMILES string of the molecule is Cc1cc(C)c(C)c(S(=O)(=O)N2CCC(C(=O)NNC(=O)c3cccs3)CC2)c1C. The molecule has 1 aliphatic rings. The number of amides is 2. The molecule has 2 amide bonds. The van der Waals surface area contributed by atoms with Gasteiger partial charge < -0.3 is 0 Å². The van der Waals surface area contributed by atoms with Crippen LogP contribution in [0.5, 0.6) is 0 Å². The van der Waals surface area contributed by atoms with E-state index < -0.39 is 10.0 Å². The first-order chi connectivity index (χ1) is 14.1. The van der Waals surface area contributed by atoms with Crippen molar-refractivity contribution in [2.45, 2.75) is 45.4 Å². The fourth-order valence-corrected chi connectivity index (χ4v) is 6.41. The van der Waals surface area contributed by atoms with Crippen LogP contribution in [-0.2, 0) is 14.8 Å². The predicted octanol–water partition coefficient (Wildman–Crippen LogP) is 2.84. The number of aryl methyl sites for hydroxylation is 2. The van der Waals surface area contributed by atoms with Gasteiger partial charge in [-0.05, 0) is 74.2 Å². The average molecular weight is 450 g/mol. The van der Waals surface area contributed by atoms with Gasteiger partial charge in [0.2, 0.25) is 15.9 Å². The van der Waals surface area contributed by atoms with Gasteiger partial charge >= 0.3 is 0 Å². The van der Waals surface area contributed by atoms with Gasteiger partial charge in [-0.2, -0.15) is 4.31 Å². The van der Waals surface area contributed by atoms with Crippen molar-refractivity contribution in [1.29, 1.82) is 0 Å². The molecule has 0 bridgehead atoms. The summed E-state index contributed by atoms with van der Waals surface area (Å²) in [7, 11) is -3.64. The normalized spacial score (nSPS) is 15.7. The van der Waals surface area contributed by atoms with Gasteiger partial charge in [-0.15, -0.1) is 11.3 Å². The second kappa shape index (κ2) is 8.87. The summed E-state index contributed by atoms with van der Waals surface area (Å²) in [6.45, 7) is 8.05. The standard InChI is InChI=1S/C21H27N3O4S2/c1-13-12-14(2)16(4)19(15(13)3)30(27,28)24-9-7-17(8-10-24)20(25)22-23-21(26)18-6-5-11-29-18/h5-6,11-12,17H,7-10H2,1-4H3,(H,22,25)(H,23,26). The fraction of sp³-hybridized carbons (Fsp3) is 0.429. The first kappa shape index (κ1) is 22.5. The molecule has 0 aliphatic carbocycles. The monoisotopic (exact) mass is 449 g/mol. The summed E-state index contributed by atoms with van der Waals surface area (Å²) in [5.74, 6) is -1.00.